The third kappa shape index (κ3) is 5.80. The highest BCUT2D eigenvalue weighted by molar-refractivity contribution is 5.98. The maximum absolute atomic E-state index is 13.2. The van der Waals surface area contributed by atoms with Gasteiger partial charge in [0.2, 0.25) is 11.8 Å². The molecule has 0 aliphatic rings. The smallest absolute Gasteiger partial charge is 0.354 e. The molecule has 0 fully saturated rings. The van der Waals surface area contributed by atoms with Gasteiger partial charge in [-0.2, -0.15) is 13.2 Å². The minimum absolute atomic E-state index is 0.205. The Morgan fingerprint density at radius 3 is 2.26 bits per heavy atom. The van der Waals surface area contributed by atoms with Gasteiger partial charge in [0.05, 0.1) is 11.3 Å². The van der Waals surface area contributed by atoms with Crippen molar-refractivity contribution >= 4 is 17.5 Å². The predicted octanol–water partition coefficient (Wildman–Crippen LogP) is 3.56. The van der Waals surface area contributed by atoms with Crippen molar-refractivity contribution < 1.29 is 27.2 Å². The van der Waals surface area contributed by atoms with E-state index >= 15 is 0 Å². The van der Waals surface area contributed by atoms with Crippen LogP contribution in [0.3, 0.4) is 0 Å². The van der Waals surface area contributed by atoms with E-state index in [1.54, 1.807) is 12.1 Å². The number of alkyl halides is 3. The first-order valence-corrected chi connectivity index (χ1v) is 8.14. The average Bonchev–Trinajstić information content (AvgIpc) is 2.60. The Morgan fingerprint density at radius 1 is 1.04 bits per heavy atom. The van der Waals surface area contributed by atoms with E-state index in [0.29, 0.717) is 6.42 Å². The highest BCUT2D eigenvalue weighted by Gasteiger charge is 2.35. The fourth-order valence-corrected chi connectivity index (χ4v) is 2.51. The second-order valence-corrected chi connectivity index (χ2v) is 5.85. The summed E-state index contributed by atoms with van der Waals surface area (Å²) in [6.07, 6.45) is -4.23. The zero-order valence-electron chi connectivity index (χ0n) is 14.5. The molecule has 0 unspecified atom stereocenters. The first-order valence-electron chi connectivity index (χ1n) is 8.14. The van der Waals surface area contributed by atoms with Crippen LogP contribution in [0.2, 0.25) is 0 Å². The van der Waals surface area contributed by atoms with Crippen molar-refractivity contribution in [2.24, 2.45) is 0 Å². The largest absolute Gasteiger partial charge is 0.418 e. The standard InChI is InChI=1S/C19H18F4N2O2/c1-13(26)25(17-5-3-2-4-16(17)19(21,22)23)12-18(27)24-11-10-14-6-8-15(20)9-7-14/h2-9H,10-12H2,1H3,(H,24,27). The van der Waals surface area contributed by atoms with Crippen LogP contribution in [0.1, 0.15) is 18.1 Å². The number of carbonyl (C=O) groups is 2. The minimum atomic E-state index is -4.65. The molecule has 0 aliphatic heterocycles. The Hall–Kier alpha value is -2.90. The Kier molecular flexibility index (Phi) is 6.55. The number of carbonyl (C=O) groups excluding carboxylic acids is 2. The van der Waals surface area contributed by atoms with Crippen LogP contribution in [0.4, 0.5) is 23.2 Å². The molecule has 2 aromatic rings. The normalized spacial score (nSPS) is 11.1. The Morgan fingerprint density at radius 2 is 1.67 bits per heavy atom. The third-order valence-corrected chi connectivity index (χ3v) is 3.83. The fraction of sp³-hybridized carbons (Fsp3) is 0.263. The molecule has 8 heteroatoms. The average molecular weight is 382 g/mol. The molecule has 4 nitrogen and oxygen atoms in total. The van der Waals surface area contributed by atoms with E-state index in [2.05, 4.69) is 5.32 Å². The van der Waals surface area contributed by atoms with Crippen molar-refractivity contribution in [3.05, 3.63) is 65.5 Å². The van der Waals surface area contributed by atoms with Crippen LogP contribution < -0.4 is 10.2 Å². The molecule has 0 spiro atoms. The molecule has 0 atom stereocenters. The van der Waals surface area contributed by atoms with Gasteiger partial charge in [0.15, 0.2) is 0 Å². The topological polar surface area (TPSA) is 49.4 Å². The van der Waals surface area contributed by atoms with Crippen molar-refractivity contribution in [3.8, 4) is 0 Å². The predicted molar refractivity (Wildman–Crippen MR) is 92.6 cm³/mol. The van der Waals surface area contributed by atoms with Gasteiger partial charge in [-0.25, -0.2) is 4.39 Å². The Bertz CT molecular complexity index is 804. The van der Waals surface area contributed by atoms with E-state index in [1.807, 2.05) is 0 Å². The van der Waals surface area contributed by atoms with Crippen LogP contribution in [0.15, 0.2) is 48.5 Å². The van der Waals surface area contributed by atoms with E-state index < -0.39 is 30.1 Å². The molecular weight excluding hydrogens is 364 g/mol. The zero-order valence-corrected chi connectivity index (χ0v) is 14.5. The molecule has 2 aromatic carbocycles. The molecule has 0 radical (unpaired) electrons. The van der Waals surface area contributed by atoms with Crippen molar-refractivity contribution in [1.82, 2.24) is 5.32 Å². The Labute approximate surface area is 153 Å². The van der Waals surface area contributed by atoms with Crippen LogP contribution in [0.5, 0.6) is 0 Å². The van der Waals surface area contributed by atoms with Crippen LogP contribution in [0.25, 0.3) is 0 Å². The lowest BCUT2D eigenvalue weighted by Gasteiger charge is -2.24. The molecule has 0 aliphatic carbocycles. The van der Waals surface area contributed by atoms with Gasteiger partial charge in [-0.15, -0.1) is 0 Å². The van der Waals surface area contributed by atoms with Crippen molar-refractivity contribution in [2.75, 3.05) is 18.0 Å². The first kappa shape index (κ1) is 20.4. The molecule has 144 valence electrons. The summed E-state index contributed by atoms with van der Waals surface area (Å²) in [5.74, 6) is -1.65. The molecule has 1 N–H and O–H groups in total. The van der Waals surface area contributed by atoms with Crippen LogP contribution in [-0.2, 0) is 22.2 Å². The van der Waals surface area contributed by atoms with Crippen molar-refractivity contribution in [3.63, 3.8) is 0 Å². The molecule has 0 saturated carbocycles. The van der Waals surface area contributed by atoms with Gasteiger partial charge in [0.25, 0.3) is 0 Å². The highest BCUT2D eigenvalue weighted by atomic mass is 19.4. The molecule has 2 amide bonds. The summed E-state index contributed by atoms with van der Waals surface area (Å²) in [6.45, 7) is 0.766. The van der Waals surface area contributed by atoms with Gasteiger partial charge in [-0.05, 0) is 36.2 Å². The lowest BCUT2D eigenvalue weighted by molar-refractivity contribution is -0.137. The number of para-hydroxylation sites is 1. The van der Waals surface area contributed by atoms with Crippen molar-refractivity contribution in [1.29, 1.82) is 0 Å². The van der Waals surface area contributed by atoms with Crippen LogP contribution in [0, 0.1) is 5.82 Å². The quantitative estimate of drug-likeness (QED) is 0.777. The van der Waals surface area contributed by atoms with Crippen LogP contribution in [-0.4, -0.2) is 24.9 Å². The number of halogens is 4. The monoisotopic (exact) mass is 382 g/mol. The lowest BCUT2D eigenvalue weighted by Crippen LogP contribution is -2.41. The molecule has 0 bridgehead atoms. The number of hydrogen-bond donors (Lipinski definition) is 1. The maximum atomic E-state index is 13.2. The summed E-state index contributed by atoms with van der Waals surface area (Å²) in [4.78, 5) is 24.7. The van der Waals surface area contributed by atoms with Crippen molar-refractivity contribution in [2.45, 2.75) is 19.5 Å². The summed E-state index contributed by atoms with van der Waals surface area (Å²) in [7, 11) is 0. The zero-order chi connectivity index (χ0) is 20.0. The summed E-state index contributed by atoms with van der Waals surface area (Å²) >= 11 is 0. The number of benzene rings is 2. The summed E-state index contributed by atoms with van der Waals surface area (Å²) in [5.41, 5.74) is -0.562. The van der Waals surface area contributed by atoms with E-state index in [4.69, 9.17) is 0 Å². The number of amides is 2. The van der Waals surface area contributed by atoms with Gasteiger partial charge < -0.3 is 10.2 Å². The molecule has 0 saturated heterocycles. The fourth-order valence-electron chi connectivity index (χ4n) is 2.51. The summed E-state index contributed by atoms with van der Waals surface area (Å²) in [5, 5.41) is 2.55. The number of anilines is 1. The number of hydrogen-bond acceptors (Lipinski definition) is 2. The van der Waals surface area contributed by atoms with Gasteiger partial charge in [0, 0.05) is 13.5 Å². The number of rotatable bonds is 6. The number of nitrogens with one attached hydrogen (secondary N) is 1. The summed E-state index contributed by atoms with van der Waals surface area (Å²) < 4.78 is 52.3. The SMILES string of the molecule is CC(=O)N(CC(=O)NCCc1ccc(F)cc1)c1ccccc1C(F)(F)F. The van der Waals surface area contributed by atoms with Gasteiger partial charge in [-0.3, -0.25) is 9.59 Å². The van der Waals surface area contributed by atoms with Crippen LogP contribution >= 0.6 is 0 Å². The molecule has 27 heavy (non-hydrogen) atoms. The van der Waals surface area contributed by atoms with Gasteiger partial charge in [-0.1, -0.05) is 24.3 Å². The minimum Gasteiger partial charge on any atom is -0.354 e. The Balaban J connectivity index is 2.03. The highest BCUT2D eigenvalue weighted by Crippen LogP contribution is 2.36. The molecule has 0 heterocycles. The third-order valence-electron chi connectivity index (χ3n) is 3.83. The van der Waals surface area contributed by atoms with E-state index in [0.717, 1.165) is 29.5 Å². The molecular formula is C19H18F4N2O2. The number of nitrogens with zero attached hydrogens (tertiary/aromatic N) is 1. The second-order valence-electron chi connectivity index (χ2n) is 5.85. The molecule has 0 aromatic heterocycles. The van der Waals surface area contributed by atoms with E-state index in [1.165, 1.54) is 24.3 Å². The van der Waals surface area contributed by atoms with Gasteiger partial charge >= 0.3 is 6.18 Å². The summed E-state index contributed by atoms with van der Waals surface area (Å²) in [6, 6.07) is 10.3. The second kappa shape index (κ2) is 8.66. The van der Waals surface area contributed by atoms with Gasteiger partial charge in [0.1, 0.15) is 12.4 Å². The maximum Gasteiger partial charge on any atom is 0.418 e. The first-order chi connectivity index (χ1) is 12.7. The molecule has 2 rings (SSSR count). The van der Waals surface area contributed by atoms with E-state index in [9.17, 15) is 27.2 Å². The van der Waals surface area contributed by atoms with E-state index in [-0.39, 0.29) is 18.0 Å². The lowest BCUT2D eigenvalue weighted by atomic mass is 10.1.